The lowest BCUT2D eigenvalue weighted by atomic mass is 9.97. The molecule has 0 spiro atoms. The zero-order valence-corrected chi connectivity index (χ0v) is 18.9. The molecule has 29 heavy (non-hydrogen) atoms. The summed E-state index contributed by atoms with van der Waals surface area (Å²) < 4.78 is 26.9. The van der Waals surface area contributed by atoms with Crippen LogP contribution < -0.4 is 5.32 Å². The molecule has 1 aliphatic rings. The van der Waals surface area contributed by atoms with Gasteiger partial charge in [-0.2, -0.15) is 0 Å². The molecule has 2 aromatic carbocycles. The van der Waals surface area contributed by atoms with E-state index in [9.17, 15) is 13.2 Å². The highest BCUT2D eigenvalue weighted by molar-refractivity contribution is 7.88. The van der Waals surface area contributed by atoms with Gasteiger partial charge in [0.2, 0.25) is 15.9 Å². The molecule has 3 rings (SSSR count). The smallest absolute Gasteiger partial charge is 0.227 e. The van der Waals surface area contributed by atoms with Gasteiger partial charge in [-0.15, -0.1) is 0 Å². The Hall–Kier alpha value is -1.31. The highest BCUT2D eigenvalue weighted by Crippen LogP contribution is 2.28. The van der Waals surface area contributed by atoms with Crippen LogP contribution in [0.4, 0.5) is 5.69 Å². The van der Waals surface area contributed by atoms with Crippen molar-refractivity contribution in [3.8, 4) is 0 Å². The minimum absolute atomic E-state index is 0.117. The van der Waals surface area contributed by atoms with Gasteiger partial charge in [-0.25, -0.2) is 12.7 Å². The monoisotopic (exact) mass is 474 g/mol. The van der Waals surface area contributed by atoms with Gasteiger partial charge in [-0.1, -0.05) is 46.9 Å². The van der Waals surface area contributed by atoms with E-state index in [1.807, 2.05) is 6.92 Å². The first-order chi connectivity index (χ1) is 13.7. The third kappa shape index (κ3) is 5.44. The number of rotatable bonds is 5. The first-order valence-electron chi connectivity index (χ1n) is 9.15. The van der Waals surface area contributed by atoms with Crippen LogP contribution in [0.25, 0.3) is 0 Å². The number of nitrogens with zero attached hydrogens (tertiary/aromatic N) is 1. The quantitative estimate of drug-likeness (QED) is 0.651. The molecule has 1 heterocycles. The van der Waals surface area contributed by atoms with E-state index in [2.05, 4.69) is 5.32 Å². The zero-order chi connectivity index (χ0) is 21.2. The molecule has 0 aromatic heterocycles. The van der Waals surface area contributed by atoms with Crippen LogP contribution in [0.2, 0.25) is 15.1 Å². The maximum absolute atomic E-state index is 12.8. The molecule has 0 saturated carbocycles. The number of anilines is 1. The van der Waals surface area contributed by atoms with E-state index >= 15 is 0 Å². The van der Waals surface area contributed by atoms with Gasteiger partial charge in [-0.05, 0) is 55.2 Å². The van der Waals surface area contributed by atoms with Crippen molar-refractivity contribution >= 4 is 56.4 Å². The summed E-state index contributed by atoms with van der Waals surface area (Å²) in [6, 6.07) is 10.1. The van der Waals surface area contributed by atoms with Crippen LogP contribution >= 0.6 is 34.8 Å². The van der Waals surface area contributed by atoms with Gasteiger partial charge in [0.1, 0.15) is 0 Å². The summed E-state index contributed by atoms with van der Waals surface area (Å²) in [6.07, 6.45) is 0.915. The maximum atomic E-state index is 12.8. The minimum atomic E-state index is -3.54. The van der Waals surface area contributed by atoms with Gasteiger partial charge in [0.25, 0.3) is 0 Å². The lowest BCUT2D eigenvalue weighted by Crippen LogP contribution is -2.42. The number of carbonyl (C=O) groups is 1. The molecule has 5 nitrogen and oxygen atoms in total. The Morgan fingerprint density at radius 3 is 2.45 bits per heavy atom. The number of halogens is 3. The predicted octanol–water partition coefficient (Wildman–Crippen LogP) is 5.14. The lowest BCUT2D eigenvalue weighted by Gasteiger charge is -2.30. The third-order valence-electron chi connectivity index (χ3n) is 5.10. The van der Waals surface area contributed by atoms with Gasteiger partial charge in [0.15, 0.2) is 0 Å². The molecule has 2 aromatic rings. The Labute approximate surface area is 186 Å². The van der Waals surface area contributed by atoms with Gasteiger partial charge in [0.05, 0.1) is 5.75 Å². The minimum Gasteiger partial charge on any atom is -0.326 e. The number of hydrogen-bond acceptors (Lipinski definition) is 3. The molecule has 1 aliphatic heterocycles. The van der Waals surface area contributed by atoms with Gasteiger partial charge in [0, 0.05) is 39.8 Å². The Morgan fingerprint density at radius 1 is 1.10 bits per heavy atom. The Balaban J connectivity index is 1.60. The summed E-state index contributed by atoms with van der Waals surface area (Å²) in [5.41, 5.74) is 1.99. The molecule has 1 saturated heterocycles. The third-order valence-corrected chi connectivity index (χ3v) is 7.92. The fraction of sp³-hybridized carbons (Fsp3) is 0.350. The molecule has 0 bridgehead atoms. The van der Waals surface area contributed by atoms with E-state index in [1.54, 1.807) is 30.3 Å². The fourth-order valence-electron chi connectivity index (χ4n) is 3.30. The van der Waals surface area contributed by atoms with Crippen LogP contribution in [0.15, 0.2) is 36.4 Å². The number of nitrogens with one attached hydrogen (secondary N) is 1. The molecule has 1 fully saturated rings. The van der Waals surface area contributed by atoms with Crippen LogP contribution in [0.5, 0.6) is 0 Å². The first kappa shape index (κ1) is 22.4. The van der Waals surface area contributed by atoms with E-state index < -0.39 is 10.0 Å². The highest BCUT2D eigenvalue weighted by Gasteiger charge is 2.31. The largest absolute Gasteiger partial charge is 0.326 e. The molecule has 0 atom stereocenters. The van der Waals surface area contributed by atoms with E-state index in [-0.39, 0.29) is 17.6 Å². The molecular weight excluding hydrogens is 455 g/mol. The molecule has 156 valence electrons. The Kier molecular flexibility index (Phi) is 7.12. The molecule has 0 aliphatic carbocycles. The van der Waals surface area contributed by atoms with E-state index in [1.165, 1.54) is 10.4 Å². The van der Waals surface area contributed by atoms with Gasteiger partial charge >= 0.3 is 0 Å². The van der Waals surface area contributed by atoms with Crippen molar-refractivity contribution < 1.29 is 13.2 Å². The normalized spacial score (nSPS) is 16.0. The van der Waals surface area contributed by atoms with Crippen molar-refractivity contribution in [2.75, 3.05) is 18.4 Å². The average molecular weight is 476 g/mol. The number of sulfonamides is 1. The standard InChI is InChI=1S/C20H21Cl3N2O3S/c1-13-17(22)3-2-4-19(13)24-20(26)14-7-9-25(10-8-14)29(27,28)12-15-5-6-16(21)11-18(15)23/h2-6,11,14H,7-10,12H2,1H3,(H,24,26). The molecule has 9 heteroatoms. The second-order valence-corrected chi connectivity index (χ2v) is 10.3. The number of amides is 1. The van der Waals surface area contributed by atoms with Crippen molar-refractivity contribution in [2.45, 2.75) is 25.5 Å². The first-order valence-corrected chi connectivity index (χ1v) is 11.9. The van der Waals surface area contributed by atoms with Crippen molar-refractivity contribution in [1.29, 1.82) is 0 Å². The van der Waals surface area contributed by atoms with Crippen LogP contribution in [0.3, 0.4) is 0 Å². The predicted molar refractivity (Wildman–Crippen MR) is 118 cm³/mol. The van der Waals surface area contributed by atoms with E-state index in [0.29, 0.717) is 52.2 Å². The number of piperidine rings is 1. The second-order valence-electron chi connectivity index (χ2n) is 7.07. The molecule has 1 amide bonds. The van der Waals surface area contributed by atoms with E-state index in [0.717, 1.165) is 5.56 Å². The van der Waals surface area contributed by atoms with Crippen molar-refractivity contribution in [1.82, 2.24) is 4.31 Å². The summed E-state index contributed by atoms with van der Waals surface area (Å²) in [5, 5.41) is 4.28. The lowest BCUT2D eigenvalue weighted by molar-refractivity contribution is -0.120. The SMILES string of the molecule is Cc1c(Cl)cccc1NC(=O)C1CCN(S(=O)(=O)Cc2ccc(Cl)cc2Cl)CC1. The highest BCUT2D eigenvalue weighted by atomic mass is 35.5. The second kappa shape index (κ2) is 9.23. The van der Waals surface area contributed by atoms with Crippen LogP contribution in [0, 0.1) is 12.8 Å². The zero-order valence-electron chi connectivity index (χ0n) is 15.8. The summed E-state index contributed by atoms with van der Waals surface area (Å²) in [6.45, 7) is 2.43. The van der Waals surface area contributed by atoms with Gasteiger partial charge in [-0.3, -0.25) is 4.79 Å². The maximum Gasteiger partial charge on any atom is 0.227 e. The van der Waals surface area contributed by atoms with Crippen LogP contribution in [-0.4, -0.2) is 31.7 Å². The van der Waals surface area contributed by atoms with Crippen molar-refractivity contribution in [3.63, 3.8) is 0 Å². The summed E-state index contributed by atoms with van der Waals surface area (Å²) >= 11 is 18.1. The molecule has 0 unspecified atom stereocenters. The molecular formula is C20H21Cl3N2O3S. The number of carbonyl (C=O) groups excluding carboxylic acids is 1. The molecule has 0 radical (unpaired) electrons. The van der Waals surface area contributed by atoms with Crippen molar-refractivity contribution in [3.05, 3.63) is 62.6 Å². The number of hydrogen-bond donors (Lipinski definition) is 1. The van der Waals surface area contributed by atoms with Crippen molar-refractivity contribution in [2.24, 2.45) is 5.92 Å². The van der Waals surface area contributed by atoms with Gasteiger partial charge < -0.3 is 5.32 Å². The fourth-order valence-corrected chi connectivity index (χ4v) is 5.62. The number of benzene rings is 2. The average Bonchev–Trinajstić information content (AvgIpc) is 2.68. The van der Waals surface area contributed by atoms with Crippen LogP contribution in [-0.2, 0) is 20.6 Å². The van der Waals surface area contributed by atoms with E-state index in [4.69, 9.17) is 34.8 Å². The molecule has 1 N–H and O–H groups in total. The topological polar surface area (TPSA) is 66.5 Å². The summed E-state index contributed by atoms with van der Waals surface area (Å²) in [4.78, 5) is 12.6. The van der Waals surface area contributed by atoms with Crippen LogP contribution in [0.1, 0.15) is 24.0 Å². The summed E-state index contributed by atoms with van der Waals surface area (Å²) in [7, 11) is -3.54. The Morgan fingerprint density at radius 2 is 1.79 bits per heavy atom. The Bertz CT molecular complexity index is 1020. The summed E-state index contributed by atoms with van der Waals surface area (Å²) in [5.74, 6) is -0.561.